The van der Waals surface area contributed by atoms with Gasteiger partial charge in [0.25, 0.3) is 5.56 Å². The molecule has 0 aromatic carbocycles. The molecule has 1 fully saturated rings. The number of aromatic amines is 1. The maximum Gasteiger partial charge on any atom is 0.253 e. The van der Waals surface area contributed by atoms with E-state index in [1.54, 1.807) is 23.0 Å². The van der Waals surface area contributed by atoms with E-state index in [1.807, 2.05) is 26.2 Å². The zero-order valence-electron chi connectivity index (χ0n) is 17.8. The molecule has 154 valence electrons. The number of pyridine rings is 1. The lowest BCUT2D eigenvalue weighted by atomic mass is 9.94. The fraction of sp³-hybridized carbons (Fsp3) is 0.500. The molecule has 1 saturated heterocycles. The van der Waals surface area contributed by atoms with Gasteiger partial charge in [-0.25, -0.2) is 4.98 Å². The van der Waals surface area contributed by atoms with Gasteiger partial charge in [0.2, 0.25) is 0 Å². The molecule has 6 nitrogen and oxygen atoms in total. The molecule has 0 aliphatic carbocycles. The van der Waals surface area contributed by atoms with Gasteiger partial charge in [-0.3, -0.25) is 9.89 Å². The van der Waals surface area contributed by atoms with Crippen LogP contribution in [-0.2, 0) is 7.05 Å². The lowest BCUT2D eigenvalue weighted by molar-refractivity contribution is 0.465. The van der Waals surface area contributed by atoms with E-state index in [-0.39, 0.29) is 11.5 Å². The van der Waals surface area contributed by atoms with Gasteiger partial charge in [-0.1, -0.05) is 13.8 Å². The van der Waals surface area contributed by atoms with Crippen LogP contribution in [0.1, 0.15) is 60.1 Å². The number of nitrogens with zero attached hydrogens (tertiary/aromatic N) is 3. The summed E-state index contributed by atoms with van der Waals surface area (Å²) in [5.74, 6) is 0.878. The van der Waals surface area contributed by atoms with Crippen LogP contribution in [0, 0.1) is 13.8 Å². The first kappa shape index (κ1) is 20.0. The minimum Gasteiger partial charge on any atom is -0.318 e. The van der Waals surface area contributed by atoms with Gasteiger partial charge in [-0.2, -0.15) is 5.10 Å². The highest BCUT2D eigenvalue weighted by atomic mass is 32.1. The van der Waals surface area contributed by atoms with E-state index in [0.717, 1.165) is 51.7 Å². The van der Waals surface area contributed by atoms with Crippen molar-refractivity contribution in [3.05, 3.63) is 44.3 Å². The molecule has 29 heavy (non-hydrogen) atoms. The van der Waals surface area contributed by atoms with Crippen molar-refractivity contribution in [2.45, 2.75) is 52.4 Å². The Morgan fingerprint density at radius 1 is 1.21 bits per heavy atom. The Morgan fingerprint density at radius 2 is 1.93 bits per heavy atom. The van der Waals surface area contributed by atoms with Crippen molar-refractivity contribution in [1.29, 1.82) is 0 Å². The van der Waals surface area contributed by atoms with Crippen LogP contribution in [0.3, 0.4) is 0 Å². The second kappa shape index (κ2) is 7.88. The van der Waals surface area contributed by atoms with Crippen LogP contribution in [0.5, 0.6) is 0 Å². The highest BCUT2D eigenvalue weighted by Crippen LogP contribution is 2.40. The summed E-state index contributed by atoms with van der Waals surface area (Å²) >= 11 is 1.78. The molecular weight excluding hydrogens is 382 g/mol. The largest absolute Gasteiger partial charge is 0.318 e. The molecule has 4 heterocycles. The Kier molecular flexibility index (Phi) is 5.44. The predicted octanol–water partition coefficient (Wildman–Crippen LogP) is 4.11. The minimum atomic E-state index is 0.0413. The first-order valence-electron chi connectivity index (χ1n) is 10.3. The van der Waals surface area contributed by atoms with Gasteiger partial charge >= 0.3 is 0 Å². The molecule has 0 saturated carbocycles. The Balaban J connectivity index is 1.79. The number of aryl methyl sites for hydroxylation is 1. The fourth-order valence-electron chi connectivity index (χ4n) is 4.19. The Bertz CT molecular complexity index is 1090. The Morgan fingerprint density at radius 3 is 2.62 bits per heavy atom. The molecule has 1 aliphatic rings. The van der Waals surface area contributed by atoms with Crippen LogP contribution in [0.15, 0.2) is 17.2 Å². The highest BCUT2D eigenvalue weighted by Gasteiger charge is 2.25. The number of nitrogens with one attached hydrogen (secondary N) is 2. The molecule has 4 rings (SSSR count). The zero-order valence-corrected chi connectivity index (χ0v) is 18.6. The second-order valence-corrected chi connectivity index (χ2v) is 9.38. The van der Waals surface area contributed by atoms with Crippen molar-refractivity contribution in [2.75, 3.05) is 13.1 Å². The predicted molar refractivity (Wildman–Crippen MR) is 119 cm³/mol. The van der Waals surface area contributed by atoms with Crippen LogP contribution in [0.2, 0.25) is 0 Å². The molecule has 1 aliphatic heterocycles. The highest BCUT2D eigenvalue weighted by molar-refractivity contribution is 7.15. The quantitative estimate of drug-likeness (QED) is 0.678. The van der Waals surface area contributed by atoms with E-state index in [4.69, 9.17) is 10.1 Å². The minimum absolute atomic E-state index is 0.0413. The van der Waals surface area contributed by atoms with Gasteiger partial charge in [0, 0.05) is 41.0 Å². The van der Waals surface area contributed by atoms with E-state index >= 15 is 0 Å². The molecule has 2 N–H and O–H groups in total. The summed E-state index contributed by atoms with van der Waals surface area (Å²) in [6.07, 6.45) is 6.29. The number of hydrogen-bond acceptors (Lipinski definition) is 5. The normalized spacial score (nSPS) is 15.4. The standard InChI is InChI=1S/C22H29N5OS/c1-12(2)18-19(16-11-27(5)22(28)14(4)13(16)3)25-26-20(18)21-24-10-17(29-21)15-6-8-23-9-7-15/h10-12,15,23H,6-9H2,1-5H3,(H,25,26). The van der Waals surface area contributed by atoms with Crippen LogP contribution >= 0.6 is 11.3 Å². The monoisotopic (exact) mass is 411 g/mol. The Labute approximate surface area is 175 Å². The smallest absolute Gasteiger partial charge is 0.253 e. The van der Waals surface area contributed by atoms with Crippen molar-refractivity contribution in [3.63, 3.8) is 0 Å². The van der Waals surface area contributed by atoms with Gasteiger partial charge in [0.1, 0.15) is 5.01 Å². The summed E-state index contributed by atoms with van der Waals surface area (Å²) in [4.78, 5) is 18.4. The SMILES string of the molecule is Cc1c(-c2n[nH]c(-c3ncc(C4CCNCC4)s3)c2C(C)C)cn(C)c(=O)c1C. The van der Waals surface area contributed by atoms with E-state index in [1.165, 1.54) is 17.7 Å². The van der Waals surface area contributed by atoms with Crippen molar-refractivity contribution in [3.8, 4) is 22.0 Å². The van der Waals surface area contributed by atoms with Gasteiger partial charge in [0.05, 0.1) is 11.4 Å². The molecule has 0 spiro atoms. The van der Waals surface area contributed by atoms with Crippen molar-refractivity contribution in [1.82, 2.24) is 25.1 Å². The number of thiazole rings is 1. The molecule has 7 heteroatoms. The molecule has 0 atom stereocenters. The number of H-pyrrole nitrogens is 1. The van der Waals surface area contributed by atoms with Crippen molar-refractivity contribution < 1.29 is 0 Å². The number of hydrogen-bond donors (Lipinski definition) is 2. The lowest BCUT2D eigenvalue weighted by Crippen LogP contribution is -2.26. The average molecular weight is 412 g/mol. The number of piperidine rings is 1. The van der Waals surface area contributed by atoms with Crippen LogP contribution in [-0.4, -0.2) is 32.8 Å². The lowest BCUT2D eigenvalue weighted by Gasteiger charge is -2.20. The maximum atomic E-state index is 12.3. The first-order chi connectivity index (χ1) is 13.9. The molecule has 0 unspecified atom stereocenters. The van der Waals surface area contributed by atoms with Gasteiger partial charge < -0.3 is 9.88 Å². The van der Waals surface area contributed by atoms with E-state index in [9.17, 15) is 4.79 Å². The average Bonchev–Trinajstić information content (AvgIpc) is 3.37. The molecule has 0 radical (unpaired) electrons. The third kappa shape index (κ3) is 3.57. The van der Waals surface area contributed by atoms with E-state index in [2.05, 4.69) is 24.3 Å². The van der Waals surface area contributed by atoms with E-state index < -0.39 is 0 Å². The fourth-order valence-corrected chi connectivity index (χ4v) is 5.29. The van der Waals surface area contributed by atoms with Crippen LogP contribution in [0.25, 0.3) is 22.0 Å². The molecule has 3 aromatic heterocycles. The Hall–Kier alpha value is -2.25. The van der Waals surface area contributed by atoms with Crippen LogP contribution in [0.4, 0.5) is 0 Å². The van der Waals surface area contributed by atoms with Crippen LogP contribution < -0.4 is 10.9 Å². The summed E-state index contributed by atoms with van der Waals surface area (Å²) in [6, 6.07) is 0. The molecule has 3 aromatic rings. The van der Waals surface area contributed by atoms with Gasteiger partial charge in [-0.05, 0) is 57.2 Å². The summed E-state index contributed by atoms with van der Waals surface area (Å²) in [7, 11) is 1.80. The second-order valence-electron chi connectivity index (χ2n) is 8.32. The van der Waals surface area contributed by atoms with E-state index in [0.29, 0.717) is 5.92 Å². The first-order valence-corrected chi connectivity index (χ1v) is 11.1. The number of aromatic nitrogens is 4. The van der Waals surface area contributed by atoms with Gasteiger partial charge in [0.15, 0.2) is 0 Å². The maximum absolute atomic E-state index is 12.3. The molecule has 0 bridgehead atoms. The third-order valence-electron chi connectivity index (χ3n) is 6.05. The summed E-state index contributed by atoms with van der Waals surface area (Å²) < 4.78 is 1.65. The summed E-state index contributed by atoms with van der Waals surface area (Å²) in [5, 5.41) is 12.4. The molecule has 0 amide bonds. The third-order valence-corrected chi connectivity index (χ3v) is 7.22. The topological polar surface area (TPSA) is 75.6 Å². The molecular formula is C22H29N5OS. The zero-order chi connectivity index (χ0) is 20.7. The van der Waals surface area contributed by atoms with Crippen molar-refractivity contribution >= 4 is 11.3 Å². The van der Waals surface area contributed by atoms with Gasteiger partial charge in [-0.15, -0.1) is 11.3 Å². The summed E-state index contributed by atoms with van der Waals surface area (Å²) in [6.45, 7) is 10.4. The number of rotatable bonds is 4. The van der Waals surface area contributed by atoms with Crippen molar-refractivity contribution in [2.24, 2.45) is 7.05 Å². The summed E-state index contributed by atoms with van der Waals surface area (Å²) in [5.41, 5.74) is 5.90.